The number of rotatable bonds is 1. The van der Waals surface area contributed by atoms with E-state index in [4.69, 9.17) is 21.4 Å². The van der Waals surface area contributed by atoms with Gasteiger partial charge in [-0.1, -0.05) is 121 Å². The van der Waals surface area contributed by atoms with Gasteiger partial charge in [-0.05, 0) is 76.2 Å². The average molecular weight is 1140 g/mol. The van der Waals surface area contributed by atoms with Crippen LogP contribution in [0.2, 0.25) is 0 Å². The Morgan fingerprint density at radius 1 is 0.661 bits per heavy atom. The Morgan fingerprint density at radius 2 is 0.758 bits per heavy atom. The van der Waals surface area contributed by atoms with Crippen molar-refractivity contribution in [3.8, 4) is 36.5 Å². The Bertz CT molecular complexity index is 743. The smallest absolute Gasteiger partial charge is 1.00 e. The zero-order valence-corrected chi connectivity index (χ0v) is 52.2. The molecule has 0 aromatic heterocycles. The van der Waals surface area contributed by atoms with E-state index in [0.717, 1.165) is 37.4 Å². The predicted molar refractivity (Wildman–Crippen MR) is 264 cm³/mol. The molecule has 0 aromatic rings. The third kappa shape index (κ3) is 709. The minimum Gasteiger partial charge on any atom is -1.00 e. The molecule has 62 heavy (non-hydrogen) atoms. The van der Waals surface area contributed by atoms with Crippen molar-refractivity contribution in [3.63, 3.8) is 0 Å². The number of hydrogen-bond acceptors (Lipinski definition) is 5. The van der Waals surface area contributed by atoms with E-state index in [-0.39, 0.29) is 98.0 Å². The molecule has 0 fully saturated rings. The van der Waals surface area contributed by atoms with Gasteiger partial charge in [-0.15, -0.1) is 47.6 Å². The maximum atomic E-state index is 11.3. The van der Waals surface area contributed by atoms with E-state index in [1.807, 2.05) is 104 Å². The fraction of sp³-hybridized carbons (Fsp3) is 0.690. The summed E-state index contributed by atoms with van der Waals surface area (Å²) in [5.74, 6) is 6.88. The van der Waals surface area contributed by atoms with Gasteiger partial charge in [0.2, 0.25) is 0 Å². The topological polar surface area (TPSA) is 96.8 Å². The summed E-state index contributed by atoms with van der Waals surface area (Å²) in [5.41, 5.74) is -0.931. The maximum absolute atomic E-state index is 11.3. The molecule has 0 aliphatic heterocycles. The van der Waals surface area contributed by atoms with E-state index < -0.39 is 41.3 Å². The molecule has 5 nitrogen and oxygen atoms in total. The Labute approximate surface area is 452 Å². The molecule has 0 spiro atoms. The van der Waals surface area contributed by atoms with Gasteiger partial charge in [0, 0.05) is 39.4 Å². The predicted octanol–water partition coefficient (Wildman–Crippen LogP) is 11.2. The summed E-state index contributed by atoms with van der Waals surface area (Å²) in [6, 6.07) is 0. The van der Waals surface area contributed by atoms with E-state index in [1.165, 1.54) is 6.92 Å². The molecule has 375 valence electrons. The fourth-order valence-corrected chi connectivity index (χ4v) is 0. The number of alkyl halides is 2. The molecule has 20 heteroatoms. The van der Waals surface area contributed by atoms with Gasteiger partial charge in [0.25, 0.3) is 0 Å². The van der Waals surface area contributed by atoms with Crippen LogP contribution in [0, 0.1) is 36.5 Å². The van der Waals surface area contributed by atoms with Crippen molar-refractivity contribution in [2.75, 3.05) is 31.0 Å². The summed E-state index contributed by atoms with van der Waals surface area (Å²) in [5, 5.41) is 18.3. The zero-order valence-electron chi connectivity index (χ0n) is 44.4. The van der Waals surface area contributed by atoms with Gasteiger partial charge in [-0.25, -0.2) is 13.2 Å². The van der Waals surface area contributed by atoms with Gasteiger partial charge in [0.15, 0.2) is 5.83 Å². The molecule has 3 radical (unpaired) electrons. The largest absolute Gasteiger partial charge is 1.00 e. The normalized spacial score (nSPS) is 6.31. The number of aldehydes is 1. The van der Waals surface area contributed by atoms with Crippen molar-refractivity contribution in [2.24, 2.45) is 0 Å². The molecule has 0 rings (SSSR count). The van der Waals surface area contributed by atoms with Crippen molar-refractivity contribution in [2.45, 2.75) is 165 Å². The quantitative estimate of drug-likeness (QED) is 0.0897. The van der Waals surface area contributed by atoms with Crippen molar-refractivity contribution in [1.29, 1.82) is 0 Å². The molecular formula is C42H88BBr3F9Na2O5. The van der Waals surface area contributed by atoms with Crippen LogP contribution in [0.25, 0.3) is 0 Å². The third-order valence-electron chi connectivity index (χ3n) is 1.77. The van der Waals surface area contributed by atoms with E-state index in [2.05, 4.69) is 66.7 Å². The molecule has 0 atom stereocenters. The number of carbonyl (C=O) groups is 1. The number of allylic oxidation sites excluding steroid dienone is 3. The zero-order chi connectivity index (χ0) is 51.0. The van der Waals surface area contributed by atoms with Crippen LogP contribution in [0.5, 0.6) is 0 Å². The second kappa shape index (κ2) is 189. The van der Waals surface area contributed by atoms with E-state index in [0.29, 0.717) is 6.92 Å². The summed E-state index contributed by atoms with van der Waals surface area (Å²) in [7, 11) is 1.68. The van der Waals surface area contributed by atoms with Gasteiger partial charge >= 0.3 is 77.4 Å². The summed E-state index contributed by atoms with van der Waals surface area (Å²) >= 11 is 6.29. The van der Waals surface area contributed by atoms with Crippen LogP contribution in [-0.2, 0) is 9.53 Å². The van der Waals surface area contributed by atoms with Gasteiger partial charge in [0.05, 0.1) is 0 Å². The monoisotopic (exact) mass is 1140 g/mol. The summed E-state index contributed by atoms with van der Waals surface area (Å²) < 4.78 is 101. The maximum Gasteiger partial charge on any atom is 1.00 e. The molecule has 0 unspecified atom stereocenters. The van der Waals surface area contributed by atoms with Gasteiger partial charge in [-0.2, -0.15) is 26.3 Å². The number of hydrogen-bond donors (Lipinski definition) is 2. The number of ether oxygens (including phenoxy) is 1. The van der Waals surface area contributed by atoms with Crippen molar-refractivity contribution in [1.82, 2.24) is 0 Å². The first kappa shape index (κ1) is 137. The van der Waals surface area contributed by atoms with Crippen LogP contribution in [0.15, 0.2) is 35.7 Å². The molecule has 0 saturated heterocycles. The van der Waals surface area contributed by atoms with Crippen molar-refractivity contribution in [3.05, 3.63) is 35.7 Å². The SMILES string of the molecule is Br.C#CC.C#CC(C)(C)O.C/C(F)=C(/C)F.CC.CC.CC.CC.CC.CC#CC.CC(F)=C(F)F.CC=O.CCBr.CCBr.CCO.CCOC.FC(F)=C(F)F.[B].[H-].[Na+].[Na+].[OH-]. The number of halogens is 12. The molecule has 0 amide bonds. The molecular weight excluding hydrogens is 1050 g/mol. The summed E-state index contributed by atoms with van der Waals surface area (Å²) in [6.45, 7) is 41.5. The molecule has 0 aromatic carbocycles. The summed E-state index contributed by atoms with van der Waals surface area (Å²) in [6.07, 6.45) is 2.10. The van der Waals surface area contributed by atoms with E-state index in [9.17, 15) is 39.5 Å². The first-order valence-electron chi connectivity index (χ1n) is 17.9. The molecule has 3 N–H and O–H groups in total. The van der Waals surface area contributed by atoms with Gasteiger partial charge in [-0.3, -0.25) is 0 Å². The molecule has 0 aliphatic rings. The van der Waals surface area contributed by atoms with Crippen LogP contribution in [0.1, 0.15) is 161 Å². The van der Waals surface area contributed by atoms with Crippen LogP contribution in [-0.4, -0.2) is 67.0 Å². The number of methoxy groups -OCH3 is 1. The van der Waals surface area contributed by atoms with Gasteiger partial charge in [0.1, 0.15) is 23.5 Å². The standard InChI is InChI=1S/C5H8O.C4H6F2.C4H6.C3H3F3.C3H8O.C3H4.2C2H5Br.C2F4.C2H6O.C2H4O.5C2H6.B.BrH.2Na.H2O.H/c1-4-5(2,3)6;1-3(5)4(2)6;1-3-4-2;1-2(4)3(5)6;1-3-4-2;1-3-2;2*1-2-3;3-1(4)2(5)6;2*1-2-3;5*1-2;;;;;;/h1,6H,2-3H3;1-2H3;1-2H3;1H3;3H2,1-2H3;1H,2H3;2*2H2,1H3;;3H,2H2,1H3;2H,1H3;5*1-2H3;;1H;;;1H2;/q;;;;;;;;;;;;;;;;;;2*+1;;-1/p-1/b;4-3+;;;;;;;;;;;;;;;;;;;;. The van der Waals surface area contributed by atoms with E-state index >= 15 is 0 Å². The summed E-state index contributed by atoms with van der Waals surface area (Å²) in [4.78, 5) is 8.81. The number of terminal acetylenes is 2. The minimum atomic E-state index is -2.91. The molecule has 0 aliphatic carbocycles. The first-order chi connectivity index (χ1) is 26.4. The van der Waals surface area contributed by atoms with Crippen LogP contribution in [0.4, 0.5) is 39.5 Å². The van der Waals surface area contributed by atoms with Gasteiger partial charge < -0.3 is 26.6 Å². The Hall–Kier alpha value is 0.285. The minimum absolute atomic E-state index is 0. The Balaban J connectivity index is -0.0000000144. The Kier molecular flexibility index (Phi) is 419. The number of carbonyl (C=O) groups excluding carboxylic acids is 1. The molecule has 0 bridgehead atoms. The first-order valence-corrected chi connectivity index (χ1v) is 20.2. The van der Waals surface area contributed by atoms with E-state index in [1.54, 1.807) is 34.8 Å². The molecule has 0 saturated carbocycles. The Morgan fingerprint density at radius 3 is 0.758 bits per heavy atom. The molecule has 0 heterocycles. The third-order valence-corrected chi connectivity index (χ3v) is 1.77. The van der Waals surface area contributed by atoms with Crippen LogP contribution >= 0.6 is 48.8 Å². The van der Waals surface area contributed by atoms with Crippen molar-refractivity contribution < 1.29 is 125 Å². The second-order valence-corrected chi connectivity index (χ2v) is 8.78. The second-order valence-electron chi connectivity index (χ2n) is 6.54. The number of aliphatic hydroxyl groups is 2. The fourth-order valence-electron chi connectivity index (χ4n) is 0. The number of aliphatic hydroxyl groups excluding tert-OH is 1. The average Bonchev–Trinajstić information content (AvgIpc) is 3.18. The van der Waals surface area contributed by atoms with Crippen LogP contribution < -0.4 is 59.1 Å². The van der Waals surface area contributed by atoms with Crippen molar-refractivity contribution >= 4 is 63.5 Å². The van der Waals surface area contributed by atoms with Crippen LogP contribution in [0.3, 0.4) is 0 Å².